The summed E-state index contributed by atoms with van der Waals surface area (Å²) in [5, 5.41) is 5.44. The lowest BCUT2D eigenvalue weighted by Gasteiger charge is -2.18. The van der Waals surface area contributed by atoms with E-state index in [1.165, 1.54) is 14.2 Å². The van der Waals surface area contributed by atoms with E-state index in [2.05, 4.69) is 10.6 Å². The number of amides is 3. The third-order valence-corrected chi connectivity index (χ3v) is 3.80. The van der Waals surface area contributed by atoms with E-state index in [0.29, 0.717) is 6.54 Å². The number of nitrogens with one attached hydrogen (secondary N) is 2. The normalized spacial score (nSPS) is 17.2. The van der Waals surface area contributed by atoms with Gasteiger partial charge in [-0.3, -0.25) is 4.79 Å². The summed E-state index contributed by atoms with van der Waals surface area (Å²) in [4.78, 5) is 25.7. The van der Waals surface area contributed by atoms with Gasteiger partial charge in [0.15, 0.2) is 6.29 Å². The molecule has 8 nitrogen and oxygen atoms in total. The first-order valence-electron chi connectivity index (χ1n) is 7.61. The van der Waals surface area contributed by atoms with Crippen molar-refractivity contribution in [2.75, 3.05) is 39.3 Å². The third kappa shape index (κ3) is 4.59. The van der Waals surface area contributed by atoms with Crippen molar-refractivity contribution in [1.29, 1.82) is 0 Å². The van der Waals surface area contributed by atoms with E-state index >= 15 is 0 Å². The Morgan fingerprint density at radius 3 is 2.50 bits per heavy atom. The van der Waals surface area contributed by atoms with Crippen LogP contribution in [0.5, 0.6) is 5.75 Å². The summed E-state index contributed by atoms with van der Waals surface area (Å²) in [5.41, 5.74) is 0.782. The maximum Gasteiger partial charge on any atom is 0.315 e. The standard InChI is InChI=1S/C16H23N3O5/c1-22-13-6-4-12(5-7-13)19-10-11(8-14(19)20)18-16(21)17-9-15(23-2)24-3/h4-7,11,15H,8-10H2,1-3H3,(H2,17,18,21)/t11-/m0/s1. The second-order valence-corrected chi connectivity index (χ2v) is 5.36. The highest BCUT2D eigenvalue weighted by Crippen LogP contribution is 2.24. The quantitative estimate of drug-likeness (QED) is 0.716. The highest BCUT2D eigenvalue weighted by atomic mass is 16.7. The Morgan fingerprint density at radius 2 is 1.92 bits per heavy atom. The summed E-state index contributed by atoms with van der Waals surface area (Å²) in [6, 6.07) is 6.63. The van der Waals surface area contributed by atoms with Crippen LogP contribution in [0.4, 0.5) is 10.5 Å². The van der Waals surface area contributed by atoms with Crippen LogP contribution in [0.3, 0.4) is 0 Å². The molecule has 0 bridgehead atoms. The molecular weight excluding hydrogens is 314 g/mol. The molecule has 1 heterocycles. The van der Waals surface area contributed by atoms with Crippen LogP contribution in [0.2, 0.25) is 0 Å². The first kappa shape index (κ1) is 18.0. The lowest BCUT2D eigenvalue weighted by Crippen LogP contribution is -2.46. The molecule has 1 fully saturated rings. The second kappa shape index (κ2) is 8.51. The van der Waals surface area contributed by atoms with Gasteiger partial charge in [0.25, 0.3) is 0 Å². The lowest BCUT2D eigenvalue weighted by atomic mass is 10.2. The molecule has 1 saturated heterocycles. The largest absolute Gasteiger partial charge is 0.497 e. The number of anilines is 1. The molecule has 0 unspecified atom stereocenters. The SMILES string of the molecule is COc1ccc(N2C[C@@H](NC(=O)NCC(OC)OC)CC2=O)cc1. The predicted molar refractivity (Wildman–Crippen MR) is 88.1 cm³/mol. The smallest absolute Gasteiger partial charge is 0.315 e. The fourth-order valence-corrected chi connectivity index (χ4v) is 2.49. The molecule has 3 amide bonds. The molecule has 2 N–H and O–H groups in total. The zero-order valence-corrected chi connectivity index (χ0v) is 14.1. The van der Waals surface area contributed by atoms with Crippen LogP contribution in [-0.2, 0) is 14.3 Å². The summed E-state index contributed by atoms with van der Waals surface area (Å²) in [6.45, 7) is 0.651. The molecule has 0 aromatic heterocycles. The van der Waals surface area contributed by atoms with E-state index < -0.39 is 6.29 Å². The molecule has 0 aliphatic carbocycles. The molecule has 0 spiro atoms. The zero-order chi connectivity index (χ0) is 17.5. The van der Waals surface area contributed by atoms with Crippen LogP contribution < -0.4 is 20.3 Å². The van der Waals surface area contributed by atoms with E-state index in [-0.39, 0.29) is 30.9 Å². The van der Waals surface area contributed by atoms with Gasteiger partial charge in [0.2, 0.25) is 5.91 Å². The van der Waals surface area contributed by atoms with Gasteiger partial charge in [0, 0.05) is 32.9 Å². The maximum absolute atomic E-state index is 12.2. The molecule has 2 rings (SSSR count). The molecule has 1 atom stereocenters. The van der Waals surface area contributed by atoms with E-state index in [1.54, 1.807) is 24.1 Å². The number of benzene rings is 1. The molecule has 1 aliphatic heterocycles. The highest BCUT2D eigenvalue weighted by molar-refractivity contribution is 5.96. The first-order chi connectivity index (χ1) is 11.6. The number of ether oxygens (including phenoxy) is 3. The van der Waals surface area contributed by atoms with Crippen molar-refractivity contribution in [1.82, 2.24) is 10.6 Å². The van der Waals surface area contributed by atoms with Gasteiger partial charge in [0.1, 0.15) is 5.75 Å². The Morgan fingerprint density at radius 1 is 1.25 bits per heavy atom. The predicted octanol–water partition coefficient (Wildman–Crippen LogP) is 0.719. The minimum absolute atomic E-state index is 0.0304. The Kier molecular flexibility index (Phi) is 6.39. The summed E-state index contributed by atoms with van der Waals surface area (Å²) >= 11 is 0. The van der Waals surface area contributed by atoms with E-state index in [9.17, 15) is 9.59 Å². The molecule has 8 heteroatoms. The van der Waals surface area contributed by atoms with Crippen LogP contribution >= 0.6 is 0 Å². The second-order valence-electron chi connectivity index (χ2n) is 5.36. The minimum atomic E-state index is -0.503. The van der Waals surface area contributed by atoms with Crippen LogP contribution in [0, 0.1) is 0 Å². The number of carbonyl (C=O) groups is 2. The summed E-state index contributed by atoms with van der Waals surface area (Å²) in [6.07, 6.45) is -0.242. The number of nitrogens with zero attached hydrogens (tertiary/aromatic N) is 1. The Labute approximate surface area is 141 Å². The van der Waals surface area contributed by atoms with Crippen molar-refractivity contribution in [3.63, 3.8) is 0 Å². The van der Waals surface area contributed by atoms with Crippen molar-refractivity contribution < 1.29 is 23.8 Å². The Balaban J connectivity index is 1.86. The van der Waals surface area contributed by atoms with Crippen LogP contribution in [-0.4, -0.2) is 58.7 Å². The number of hydrogen-bond donors (Lipinski definition) is 2. The highest BCUT2D eigenvalue weighted by Gasteiger charge is 2.31. The van der Waals surface area contributed by atoms with Gasteiger partial charge in [-0.15, -0.1) is 0 Å². The summed E-state index contributed by atoms with van der Waals surface area (Å²) in [7, 11) is 4.58. The third-order valence-electron chi connectivity index (χ3n) is 3.80. The molecular formula is C16H23N3O5. The maximum atomic E-state index is 12.2. The van der Waals surface area contributed by atoms with Gasteiger partial charge in [0.05, 0.1) is 19.7 Å². The Bertz CT molecular complexity index is 559. The van der Waals surface area contributed by atoms with Gasteiger partial charge in [-0.05, 0) is 24.3 Å². The molecule has 1 aliphatic rings. The average Bonchev–Trinajstić information content (AvgIpc) is 2.96. The zero-order valence-electron chi connectivity index (χ0n) is 14.1. The average molecular weight is 337 g/mol. The van der Waals surface area contributed by atoms with Crippen molar-refractivity contribution in [3.8, 4) is 5.75 Å². The number of methoxy groups -OCH3 is 3. The van der Waals surface area contributed by atoms with Gasteiger partial charge in [-0.25, -0.2) is 4.79 Å². The molecule has 0 radical (unpaired) electrons. The van der Waals surface area contributed by atoms with Gasteiger partial charge in [-0.1, -0.05) is 0 Å². The molecule has 24 heavy (non-hydrogen) atoms. The van der Waals surface area contributed by atoms with Crippen molar-refractivity contribution in [2.45, 2.75) is 18.8 Å². The van der Waals surface area contributed by atoms with Gasteiger partial charge in [-0.2, -0.15) is 0 Å². The molecule has 1 aromatic carbocycles. The monoisotopic (exact) mass is 337 g/mol. The van der Waals surface area contributed by atoms with Gasteiger partial charge < -0.3 is 29.7 Å². The molecule has 0 saturated carbocycles. The van der Waals surface area contributed by atoms with E-state index in [1.807, 2.05) is 12.1 Å². The number of rotatable bonds is 7. The summed E-state index contributed by atoms with van der Waals surface area (Å²) < 4.78 is 15.1. The fourth-order valence-electron chi connectivity index (χ4n) is 2.49. The van der Waals surface area contributed by atoms with Crippen molar-refractivity contribution >= 4 is 17.6 Å². The van der Waals surface area contributed by atoms with Crippen LogP contribution in [0.15, 0.2) is 24.3 Å². The molecule has 132 valence electrons. The fraction of sp³-hybridized carbons (Fsp3) is 0.500. The van der Waals surface area contributed by atoms with Crippen molar-refractivity contribution in [3.05, 3.63) is 24.3 Å². The Hall–Kier alpha value is -2.32. The van der Waals surface area contributed by atoms with Crippen molar-refractivity contribution in [2.24, 2.45) is 0 Å². The number of urea groups is 1. The number of hydrogen-bond acceptors (Lipinski definition) is 5. The van der Waals surface area contributed by atoms with Crippen LogP contribution in [0.1, 0.15) is 6.42 Å². The van der Waals surface area contributed by atoms with E-state index in [0.717, 1.165) is 11.4 Å². The minimum Gasteiger partial charge on any atom is -0.497 e. The van der Waals surface area contributed by atoms with E-state index in [4.69, 9.17) is 14.2 Å². The lowest BCUT2D eigenvalue weighted by molar-refractivity contribution is -0.117. The van der Waals surface area contributed by atoms with Crippen LogP contribution in [0.25, 0.3) is 0 Å². The van der Waals surface area contributed by atoms with Gasteiger partial charge >= 0.3 is 6.03 Å². The molecule has 1 aromatic rings. The summed E-state index contributed by atoms with van der Waals surface area (Å²) in [5.74, 6) is 0.697. The topological polar surface area (TPSA) is 89.1 Å². The first-order valence-corrected chi connectivity index (χ1v) is 7.61. The number of carbonyl (C=O) groups excluding carboxylic acids is 2.